The molecule has 2 rings (SSSR count). The Kier molecular flexibility index (Phi) is 4.02. The van der Waals surface area contributed by atoms with E-state index in [4.69, 9.17) is 4.74 Å². The number of benzene rings is 1. The quantitative estimate of drug-likeness (QED) is 0.756. The van der Waals surface area contributed by atoms with Gasteiger partial charge in [0.1, 0.15) is 11.4 Å². The van der Waals surface area contributed by atoms with Crippen LogP contribution < -0.4 is 4.74 Å². The average Bonchev–Trinajstić information content (AvgIpc) is 2.45. The fraction of sp³-hybridized carbons (Fsp3) is 0.214. The second-order valence-electron chi connectivity index (χ2n) is 3.76. The lowest BCUT2D eigenvalue weighted by Gasteiger charge is -2.09. The summed E-state index contributed by atoms with van der Waals surface area (Å²) in [5, 5.41) is 0. The van der Waals surface area contributed by atoms with Crippen molar-refractivity contribution in [3.05, 3.63) is 54.1 Å². The Hall–Kier alpha value is -2.23. The number of carbonyl (C=O) groups excluding carboxylic acids is 1. The number of ketones is 1. The molecular formula is C14H14N2O2. The van der Waals surface area contributed by atoms with E-state index < -0.39 is 0 Å². The molecule has 0 amide bonds. The van der Waals surface area contributed by atoms with E-state index in [1.807, 2.05) is 19.1 Å². The van der Waals surface area contributed by atoms with Crippen molar-refractivity contribution in [3.8, 4) is 5.75 Å². The summed E-state index contributed by atoms with van der Waals surface area (Å²) in [6.45, 7) is 2.61. The number of para-hydroxylation sites is 1. The Morgan fingerprint density at radius 2 is 2.11 bits per heavy atom. The first-order valence-corrected chi connectivity index (χ1v) is 5.85. The molecule has 4 heteroatoms. The van der Waals surface area contributed by atoms with Crippen molar-refractivity contribution in [2.45, 2.75) is 13.3 Å². The summed E-state index contributed by atoms with van der Waals surface area (Å²) in [7, 11) is 0. The molecular weight excluding hydrogens is 228 g/mol. The summed E-state index contributed by atoms with van der Waals surface area (Å²) in [4.78, 5) is 20.2. The third-order valence-corrected chi connectivity index (χ3v) is 2.39. The highest BCUT2D eigenvalue weighted by atomic mass is 16.5. The molecule has 1 aromatic heterocycles. The van der Waals surface area contributed by atoms with Gasteiger partial charge in [0, 0.05) is 12.4 Å². The zero-order chi connectivity index (χ0) is 12.8. The van der Waals surface area contributed by atoms with Crippen LogP contribution in [0.3, 0.4) is 0 Å². The zero-order valence-corrected chi connectivity index (χ0v) is 10.2. The van der Waals surface area contributed by atoms with Crippen LogP contribution in [0.2, 0.25) is 0 Å². The van der Waals surface area contributed by atoms with Gasteiger partial charge in [-0.25, -0.2) is 4.98 Å². The summed E-state index contributed by atoms with van der Waals surface area (Å²) in [5.41, 5.74) is 0.844. The zero-order valence-electron chi connectivity index (χ0n) is 10.2. The summed E-state index contributed by atoms with van der Waals surface area (Å²) >= 11 is 0. The molecule has 0 radical (unpaired) electrons. The largest absolute Gasteiger partial charge is 0.493 e. The van der Waals surface area contributed by atoms with E-state index >= 15 is 0 Å². The van der Waals surface area contributed by atoms with E-state index in [1.165, 1.54) is 18.6 Å². The number of nitrogens with zero attached hydrogens (tertiary/aromatic N) is 2. The van der Waals surface area contributed by atoms with Crippen molar-refractivity contribution in [1.29, 1.82) is 0 Å². The van der Waals surface area contributed by atoms with Crippen molar-refractivity contribution in [3.63, 3.8) is 0 Å². The van der Waals surface area contributed by atoms with Gasteiger partial charge in [0.05, 0.1) is 18.4 Å². The first kappa shape index (κ1) is 12.2. The van der Waals surface area contributed by atoms with Crippen LogP contribution in [0.15, 0.2) is 42.9 Å². The van der Waals surface area contributed by atoms with Gasteiger partial charge >= 0.3 is 0 Å². The molecule has 1 heterocycles. The molecule has 92 valence electrons. The van der Waals surface area contributed by atoms with Crippen LogP contribution in [0.25, 0.3) is 0 Å². The lowest BCUT2D eigenvalue weighted by atomic mass is 10.1. The van der Waals surface area contributed by atoms with Gasteiger partial charge < -0.3 is 4.74 Å². The minimum atomic E-state index is -0.171. The topological polar surface area (TPSA) is 52.1 Å². The molecule has 0 N–H and O–H groups in total. The van der Waals surface area contributed by atoms with Gasteiger partial charge in [0.25, 0.3) is 0 Å². The maximum atomic E-state index is 12.2. The van der Waals surface area contributed by atoms with E-state index in [0.717, 1.165) is 6.42 Å². The normalized spacial score (nSPS) is 10.1. The Morgan fingerprint density at radius 1 is 1.28 bits per heavy atom. The van der Waals surface area contributed by atoms with Gasteiger partial charge in [0.2, 0.25) is 5.78 Å². The van der Waals surface area contributed by atoms with Crippen LogP contribution in [0.1, 0.15) is 29.4 Å². The maximum Gasteiger partial charge on any atom is 0.216 e. The molecule has 1 aromatic carbocycles. The molecule has 0 unspecified atom stereocenters. The molecule has 0 saturated heterocycles. The smallest absolute Gasteiger partial charge is 0.216 e. The van der Waals surface area contributed by atoms with Gasteiger partial charge in [-0.3, -0.25) is 9.78 Å². The summed E-state index contributed by atoms with van der Waals surface area (Å²) < 4.78 is 5.56. The Morgan fingerprint density at radius 3 is 2.83 bits per heavy atom. The van der Waals surface area contributed by atoms with Crippen LogP contribution >= 0.6 is 0 Å². The van der Waals surface area contributed by atoms with Crippen molar-refractivity contribution >= 4 is 5.78 Å². The second-order valence-corrected chi connectivity index (χ2v) is 3.76. The van der Waals surface area contributed by atoms with Crippen molar-refractivity contribution in [2.24, 2.45) is 0 Å². The Balaban J connectivity index is 2.30. The van der Waals surface area contributed by atoms with E-state index in [-0.39, 0.29) is 5.78 Å². The van der Waals surface area contributed by atoms with Crippen LogP contribution in [-0.2, 0) is 0 Å². The minimum Gasteiger partial charge on any atom is -0.493 e. The minimum absolute atomic E-state index is 0.171. The predicted octanol–water partition coefficient (Wildman–Crippen LogP) is 2.50. The summed E-state index contributed by atoms with van der Waals surface area (Å²) in [6.07, 6.45) is 5.39. The number of hydrogen-bond donors (Lipinski definition) is 0. The third-order valence-electron chi connectivity index (χ3n) is 2.39. The molecule has 0 saturated carbocycles. The fourth-order valence-electron chi connectivity index (χ4n) is 1.55. The van der Waals surface area contributed by atoms with Gasteiger partial charge in [-0.15, -0.1) is 0 Å². The molecule has 0 aliphatic heterocycles. The van der Waals surface area contributed by atoms with Crippen molar-refractivity contribution in [1.82, 2.24) is 9.97 Å². The Labute approximate surface area is 106 Å². The fourth-order valence-corrected chi connectivity index (χ4v) is 1.55. The highest BCUT2D eigenvalue weighted by Crippen LogP contribution is 2.20. The molecule has 18 heavy (non-hydrogen) atoms. The maximum absolute atomic E-state index is 12.2. The number of carbonyl (C=O) groups is 1. The van der Waals surface area contributed by atoms with E-state index in [2.05, 4.69) is 9.97 Å². The standard InChI is InChI=1S/C14H14N2O2/c1-2-9-18-13-6-4-3-5-11(13)14(17)12-10-15-7-8-16-12/h3-8,10H,2,9H2,1H3. The molecule has 0 spiro atoms. The first-order valence-electron chi connectivity index (χ1n) is 5.85. The molecule has 0 aliphatic carbocycles. The molecule has 0 bridgehead atoms. The van der Waals surface area contributed by atoms with Crippen LogP contribution in [0.5, 0.6) is 5.75 Å². The monoisotopic (exact) mass is 242 g/mol. The Bertz CT molecular complexity index is 526. The molecule has 0 aliphatic rings. The van der Waals surface area contributed by atoms with Crippen LogP contribution in [-0.4, -0.2) is 22.4 Å². The van der Waals surface area contributed by atoms with Crippen molar-refractivity contribution in [2.75, 3.05) is 6.61 Å². The van der Waals surface area contributed by atoms with E-state index in [1.54, 1.807) is 12.1 Å². The second kappa shape index (κ2) is 5.91. The van der Waals surface area contributed by atoms with Gasteiger partial charge in [-0.1, -0.05) is 19.1 Å². The van der Waals surface area contributed by atoms with E-state index in [9.17, 15) is 4.79 Å². The number of hydrogen-bond acceptors (Lipinski definition) is 4. The summed E-state index contributed by atoms with van der Waals surface area (Å²) in [5.74, 6) is 0.421. The lowest BCUT2D eigenvalue weighted by molar-refractivity contribution is 0.103. The molecule has 4 nitrogen and oxygen atoms in total. The van der Waals surface area contributed by atoms with Gasteiger partial charge in [-0.05, 0) is 18.6 Å². The third kappa shape index (κ3) is 2.71. The van der Waals surface area contributed by atoms with Gasteiger partial charge in [-0.2, -0.15) is 0 Å². The number of aromatic nitrogens is 2. The molecule has 0 fully saturated rings. The lowest BCUT2D eigenvalue weighted by Crippen LogP contribution is -2.07. The predicted molar refractivity (Wildman–Crippen MR) is 67.7 cm³/mol. The van der Waals surface area contributed by atoms with E-state index in [0.29, 0.717) is 23.6 Å². The van der Waals surface area contributed by atoms with Crippen molar-refractivity contribution < 1.29 is 9.53 Å². The highest BCUT2D eigenvalue weighted by molar-refractivity contribution is 6.09. The molecule has 0 atom stereocenters. The van der Waals surface area contributed by atoms with Gasteiger partial charge in [0.15, 0.2) is 0 Å². The average molecular weight is 242 g/mol. The molecule has 2 aromatic rings. The summed E-state index contributed by atoms with van der Waals surface area (Å²) in [6, 6.07) is 7.18. The number of rotatable bonds is 5. The first-order chi connectivity index (χ1) is 8.83. The van der Waals surface area contributed by atoms with Crippen LogP contribution in [0, 0.1) is 0 Å². The SMILES string of the molecule is CCCOc1ccccc1C(=O)c1cnccn1. The number of ether oxygens (including phenoxy) is 1. The highest BCUT2D eigenvalue weighted by Gasteiger charge is 2.15. The van der Waals surface area contributed by atoms with Crippen LogP contribution in [0.4, 0.5) is 0 Å².